The Balaban J connectivity index is 0.00000225. The van der Waals surface area contributed by atoms with E-state index in [0.717, 1.165) is 47.7 Å². The SMILES string of the molecule is CN=C(NCc1nnc2n1CCCC2)N(C)Cc1cccc(Cl)c1.I. The van der Waals surface area contributed by atoms with Gasteiger partial charge in [0.05, 0.1) is 6.54 Å². The van der Waals surface area contributed by atoms with Crippen molar-refractivity contribution in [2.24, 2.45) is 4.99 Å². The number of aryl methyl sites for hydroxylation is 1. The van der Waals surface area contributed by atoms with Crippen molar-refractivity contribution in [2.75, 3.05) is 14.1 Å². The Morgan fingerprint density at radius 1 is 1.36 bits per heavy atom. The molecule has 136 valence electrons. The number of hydrogen-bond acceptors (Lipinski definition) is 3. The van der Waals surface area contributed by atoms with Crippen LogP contribution in [0.4, 0.5) is 0 Å². The molecule has 0 atom stereocenters. The normalized spacial score (nSPS) is 13.8. The van der Waals surface area contributed by atoms with Crippen molar-refractivity contribution in [3.8, 4) is 0 Å². The fraction of sp³-hybridized carbons (Fsp3) is 0.471. The van der Waals surface area contributed by atoms with Gasteiger partial charge in [-0.2, -0.15) is 0 Å². The van der Waals surface area contributed by atoms with E-state index in [1.807, 2.05) is 25.2 Å². The van der Waals surface area contributed by atoms with Gasteiger partial charge >= 0.3 is 0 Å². The van der Waals surface area contributed by atoms with Crippen LogP contribution in [-0.2, 0) is 26.1 Å². The molecular formula is C17H24ClIN6. The largest absolute Gasteiger partial charge is 0.349 e. The highest BCUT2D eigenvalue weighted by atomic mass is 127. The van der Waals surface area contributed by atoms with E-state index in [-0.39, 0.29) is 24.0 Å². The highest BCUT2D eigenvalue weighted by Crippen LogP contribution is 2.14. The molecule has 8 heteroatoms. The molecular weight excluding hydrogens is 451 g/mol. The number of nitrogens with one attached hydrogen (secondary N) is 1. The third kappa shape index (κ3) is 5.07. The van der Waals surface area contributed by atoms with Gasteiger partial charge in [-0.3, -0.25) is 4.99 Å². The number of guanidine groups is 1. The summed E-state index contributed by atoms with van der Waals surface area (Å²) in [6.45, 7) is 2.37. The molecule has 0 saturated heterocycles. The van der Waals surface area contributed by atoms with Crippen LogP contribution in [0.5, 0.6) is 0 Å². The van der Waals surface area contributed by atoms with E-state index >= 15 is 0 Å². The van der Waals surface area contributed by atoms with Crippen LogP contribution >= 0.6 is 35.6 Å². The van der Waals surface area contributed by atoms with Gasteiger partial charge in [-0.05, 0) is 30.5 Å². The number of rotatable bonds is 4. The number of benzene rings is 1. The first-order valence-corrected chi connectivity index (χ1v) is 8.62. The zero-order chi connectivity index (χ0) is 16.9. The molecule has 2 heterocycles. The highest BCUT2D eigenvalue weighted by molar-refractivity contribution is 14.0. The summed E-state index contributed by atoms with van der Waals surface area (Å²) in [5.74, 6) is 2.89. The topological polar surface area (TPSA) is 58.3 Å². The molecule has 1 aliphatic heterocycles. The third-order valence-corrected chi connectivity index (χ3v) is 4.46. The molecule has 0 aliphatic carbocycles. The molecule has 1 aliphatic rings. The molecule has 0 bridgehead atoms. The maximum absolute atomic E-state index is 6.06. The smallest absolute Gasteiger partial charge is 0.194 e. The van der Waals surface area contributed by atoms with Gasteiger partial charge in [0, 0.05) is 38.6 Å². The zero-order valence-corrected chi connectivity index (χ0v) is 17.7. The van der Waals surface area contributed by atoms with Gasteiger partial charge in [-0.15, -0.1) is 34.2 Å². The van der Waals surface area contributed by atoms with Crippen molar-refractivity contribution >= 4 is 41.5 Å². The first-order valence-electron chi connectivity index (χ1n) is 8.24. The van der Waals surface area contributed by atoms with Crippen molar-refractivity contribution < 1.29 is 0 Å². The summed E-state index contributed by atoms with van der Waals surface area (Å²) in [5, 5.41) is 12.7. The molecule has 2 aromatic rings. The van der Waals surface area contributed by atoms with E-state index < -0.39 is 0 Å². The zero-order valence-electron chi connectivity index (χ0n) is 14.6. The van der Waals surface area contributed by atoms with E-state index in [1.165, 1.54) is 12.8 Å². The minimum Gasteiger partial charge on any atom is -0.349 e. The van der Waals surface area contributed by atoms with Crippen molar-refractivity contribution in [3.63, 3.8) is 0 Å². The molecule has 1 aromatic carbocycles. The average molecular weight is 475 g/mol. The van der Waals surface area contributed by atoms with Crippen molar-refractivity contribution in [1.82, 2.24) is 25.0 Å². The molecule has 1 N–H and O–H groups in total. The quantitative estimate of drug-likeness (QED) is 0.420. The first kappa shape index (κ1) is 20.0. The number of halogens is 2. The molecule has 25 heavy (non-hydrogen) atoms. The Kier molecular flexibility index (Phi) is 7.49. The third-order valence-electron chi connectivity index (χ3n) is 4.22. The molecule has 0 saturated carbocycles. The van der Waals surface area contributed by atoms with E-state index in [0.29, 0.717) is 6.54 Å². The lowest BCUT2D eigenvalue weighted by Crippen LogP contribution is -2.38. The fourth-order valence-corrected chi connectivity index (χ4v) is 3.24. The van der Waals surface area contributed by atoms with E-state index in [1.54, 1.807) is 7.05 Å². The first-order chi connectivity index (χ1) is 11.7. The summed E-state index contributed by atoms with van der Waals surface area (Å²) in [6, 6.07) is 7.88. The summed E-state index contributed by atoms with van der Waals surface area (Å²) in [7, 11) is 3.80. The van der Waals surface area contributed by atoms with Crippen molar-refractivity contribution in [2.45, 2.75) is 38.9 Å². The van der Waals surface area contributed by atoms with Gasteiger partial charge in [0.15, 0.2) is 11.8 Å². The maximum atomic E-state index is 6.06. The average Bonchev–Trinajstić information content (AvgIpc) is 2.99. The predicted molar refractivity (Wildman–Crippen MR) is 111 cm³/mol. The maximum Gasteiger partial charge on any atom is 0.194 e. The summed E-state index contributed by atoms with van der Waals surface area (Å²) in [5.41, 5.74) is 1.15. The molecule has 0 amide bonds. The Labute approximate surface area is 170 Å². The van der Waals surface area contributed by atoms with Crippen molar-refractivity contribution in [3.05, 3.63) is 46.5 Å². The van der Waals surface area contributed by atoms with Gasteiger partial charge in [-0.1, -0.05) is 23.7 Å². The van der Waals surface area contributed by atoms with Crippen LogP contribution in [0.1, 0.15) is 30.1 Å². The standard InChI is InChI=1S/C17H23ClN6.HI/c1-19-17(23(2)12-13-6-5-7-14(18)10-13)20-11-16-22-21-15-8-3-4-9-24(15)16;/h5-7,10H,3-4,8-9,11-12H2,1-2H3,(H,19,20);1H. The van der Waals surface area contributed by atoms with Crippen LogP contribution in [0.25, 0.3) is 0 Å². The molecule has 0 radical (unpaired) electrons. The van der Waals surface area contributed by atoms with Gasteiger partial charge in [0.25, 0.3) is 0 Å². The summed E-state index contributed by atoms with van der Waals surface area (Å²) in [4.78, 5) is 6.43. The summed E-state index contributed by atoms with van der Waals surface area (Å²) >= 11 is 6.06. The van der Waals surface area contributed by atoms with Gasteiger partial charge < -0.3 is 14.8 Å². The van der Waals surface area contributed by atoms with Gasteiger partial charge in [0.2, 0.25) is 0 Å². The number of aliphatic imine (C=N–C) groups is 1. The Hall–Kier alpha value is -1.35. The Bertz CT molecular complexity index is 730. The van der Waals surface area contributed by atoms with Crippen LogP contribution in [0.3, 0.4) is 0 Å². The van der Waals surface area contributed by atoms with Gasteiger partial charge in [-0.25, -0.2) is 0 Å². The molecule has 0 unspecified atom stereocenters. The number of fused-ring (bicyclic) bond motifs is 1. The number of aromatic nitrogens is 3. The summed E-state index contributed by atoms with van der Waals surface area (Å²) in [6.07, 6.45) is 3.42. The van der Waals surface area contributed by atoms with Crippen LogP contribution in [0.2, 0.25) is 5.02 Å². The second-order valence-corrected chi connectivity index (χ2v) is 6.46. The fourth-order valence-electron chi connectivity index (χ4n) is 3.03. The van der Waals surface area contributed by atoms with E-state index in [2.05, 4.69) is 36.0 Å². The lowest BCUT2D eigenvalue weighted by atomic mass is 10.2. The van der Waals surface area contributed by atoms with Gasteiger partial charge in [0.1, 0.15) is 5.82 Å². The van der Waals surface area contributed by atoms with E-state index in [4.69, 9.17) is 11.6 Å². The van der Waals surface area contributed by atoms with Crippen LogP contribution in [0.15, 0.2) is 29.3 Å². The van der Waals surface area contributed by atoms with Crippen LogP contribution in [0, 0.1) is 0 Å². The minimum atomic E-state index is 0. The predicted octanol–water partition coefficient (Wildman–Crippen LogP) is 3.09. The molecule has 0 spiro atoms. The number of hydrogen-bond donors (Lipinski definition) is 1. The Morgan fingerprint density at radius 2 is 2.20 bits per heavy atom. The molecule has 1 aromatic heterocycles. The number of nitrogens with zero attached hydrogens (tertiary/aromatic N) is 5. The van der Waals surface area contributed by atoms with E-state index in [9.17, 15) is 0 Å². The summed E-state index contributed by atoms with van der Waals surface area (Å²) < 4.78 is 2.22. The highest BCUT2D eigenvalue weighted by Gasteiger charge is 2.16. The Morgan fingerprint density at radius 3 is 2.96 bits per heavy atom. The lowest BCUT2D eigenvalue weighted by Gasteiger charge is -2.22. The second-order valence-electron chi connectivity index (χ2n) is 6.03. The minimum absolute atomic E-state index is 0. The monoisotopic (exact) mass is 474 g/mol. The second kappa shape index (κ2) is 9.38. The molecule has 3 rings (SSSR count). The lowest BCUT2D eigenvalue weighted by molar-refractivity contribution is 0.468. The van der Waals surface area contributed by atoms with Crippen molar-refractivity contribution in [1.29, 1.82) is 0 Å². The molecule has 0 fully saturated rings. The van der Waals surface area contributed by atoms with Crippen LogP contribution in [-0.4, -0.2) is 39.7 Å². The van der Waals surface area contributed by atoms with Crippen LogP contribution < -0.4 is 5.32 Å². The molecule has 6 nitrogen and oxygen atoms in total.